The van der Waals surface area contributed by atoms with Gasteiger partial charge < -0.3 is 14.6 Å². The highest BCUT2D eigenvalue weighted by molar-refractivity contribution is 6.08. The van der Waals surface area contributed by atoms with Crippen molar-refractivity contribution in [2.45, 2.75) is 43.4 Å². The number of nitrogens with zero attached hydrogens (tertiary/aromatic N) is 2. The first-order chi connectivity index (χ1) is 13.5. The zero-order chi connectivity index (χ0) is 19.4. The monoisotopic (exact) mass is 384 g/mol. The molecule has 7 nitrogen and oxygen atoms in total. The number of ether oxygens (including phenoxy) is 2. The third kappa shape index (κ3) is 1.54. The number of amides is 1. The molecule has 28 heavy (non-hydrogen) atoms. The van der Waals surface area contributed by atoms with Crippen molar-refractivity contribution in [2.24, 2.45) is 22.2 Å². The normalized spacial score (nSPS) is 44.4. The molecule has 1 saturated heterocycles. The summed E-state index contributed by atoms with van der Waals surface area (Å²) in [6.07, 6.45) is 0.133. The van der Waals surface area contributed by atoms with Gasteiger partial charge in [-0.2, -0.15) is 5.06 Å². The second kappa shape index (κ2) is 5.14. The lowest BCUT2D eigenvalue weighted by molar-refractivity contribution is -0.181. The molecule has 5 aliphatic rings. The number of aliphatic hydroxyl groups is 1. The maximum atomic E-state index is 13.7. The Hall–Kier alpha value is -1.96. The van der Waals surface area contributed by atoms with E-state index in [-0.39, 0.29) is 17.4 Å². The van der Waals surface area contributed by atoms with Crippen LogP contribution in [-0.2, 0) is 19.8 Å². The molecule has 1 N–H and O–H groups in total. The van der Waals surface area contributed by atoms with Crippen LogP contribution in [0.2, 0.25) is 0 Å². The van der Waals surface area contributed by atoms with E-state index in [9.17, 15) is 9.90 Å². The van der Waals surface area contributed by atoms with Gasteiger partial charge in [0.1, 0.15) is 17.3 Å². The number of anilines is 1. The first kappa shape index (κ1) is 16.9. The minimum Gasteiger partial charge on any atom is -0.497 e. The third-order valence-electron chi connectivity index (χ3n) is 8.00. The fourth-order valence-electron chi connectivity index (χ4n) is 6.88. The first-order valence-corrected chi connectivity index (χ1v) is 9.99. The Morgan fingerprint density at radius 3 is 2.93 bits per heavy atom. The molecular weight excluding hydrogens is 360 g/mol. The van der Waals surface area contributed by atoms with Crippen molar-refractivity contribution < 1.29 is 24.2 Å². The summed E-state index contributed by atoms with van der Waals surface area (Å²) < 4.78 is 11.6. The highest BCUT2D eigenvalue weighted by Crippen LogP contribution is 2.75. The van der Waals surface area contributed by atoms with Crippen molar-refractivity contribution in [3.63, 3.8) is 0 Å². The SMILES string of the molecule is CCC1=NC2CC3(C(=O)N(OC)c4cc(OC)ccc43)C3OCC4C1C24C3O. The Morgan fingerprint density at radius 1 is 1.39 bits per heavy atom. The molecule has 7 heteroatoms. The number of carbonyl (C=O) groups is 1. The van der Waals surface area contributed by atoms with Crippen molar-refractivity contribution in [3.8, 4) is 5.75 Å². The Labute approximate surface area is 163 Å². The largest absolute Gasteiger partial charge is 0.497 e. The van der Waals surface area contributed by atoms with Crippen molar-refractivity contribution in [3.05, 3.63) is 23.8 Å². The molecule has 1 aromatic rings. The van der Waals surface area contributed by atoms with Gasteiger partial charge in [-0.3, -0.25) is 14.6 Å². The van der Waals surface area contributed by atoms with Crippen molar-refractivity contribution >= 4 is 17.3 Å². The van der Waals surface area contributed by atoms with E-state index in [2.05, 4.69) is 6.92 Å². The summed E-state index contributed by atoms with van der Waals surface area (Å²) in [6, 6.07) is 5.52. The van der Waals surface area contributed by atoms with E-state index in [1.165, 1.54) is 17.9 Å². The van der Waals surface area contributed by atoms with Crippen molar-refractivity contribution in [2.75, 3.05) is 25.9 Å². The van der Waals surface area contributed by atoms with Crippen molar-refractivity contribution in [1.29, 1.82) is 0 Å². The summed E-state index contributed by atoms with van der Waals surface area (Å²) in [7, 11) is 3.08. The maximum absolute atomic E-state index is 13.7. The van der Waals surface area contributed by atoms with Gasteiger partial charge in [0.15, 0.2) is 0 Å². The molecule has 3 heterocycles. The van der Waals surface area contributed by atoms with Gasteiger partial charge >= 0.3 is 0 Å². The number of aliphatic imine (C=N–C) groups is 1. The molecule has 0 aromatic heterocycles. The van der Waals surface area contributed by atoms with E-state index >= 15 is 0 Å². The summed E-state index contributed by atoms with van der Waals surface area (Å²) in [4.78, 5) is 24.1. The molecule has 2 bridgehead atoms. The Kier molecular flexibility index (Phi) is 3.11. The van der Waals surface area contributed by atoms with E-state index in [0.29, 0.717) is 36.3 Å². The van der Waals surface area contributed by atoms with Crippen LogP contribution in [0.15, 0.2) is 23.2 Å². The molecule has 0 radical (unpaired) electrons. The van der Waals surface area contributed by atoms with Crippen LogP contribution >= 0.6 is 0 Å². The minimum atomic E-state index is -0.988. The van der Waals surface area contributed by atoms with E-state index in [1.807, 2.05) is 18.2 Å². The fraction of sp³-hybridized carbons (Fsp3) is 0.619. The molecule has 7 atom stereocenters. The summed E-state index contributed by atoms with van der Waals surface area (Å²) in [5.74, 6) is 1.11. The predicted molar refractivity (Wildman–Crippen MR) is 100 cm³/mol. The number of carbonyl (C=O) groups excluding carboxylic acids is 1. The van der Waals surface area contributed by atoms with Crippen LogP contribution in [0.25, 0.3) is 0 Å². The molecule has 7 unspecified atom stereocenters. The number of benzene rings is 1. The van der Waals surface area contributed by atoms with Crippen LogP contribution in [0.4, 0.5) is 5.69 Å². The van der Waals surface area contributed by atoms with Gasteiger partial charge in [-0.1, -0.05) is 13.0 Å². The van der Waals surface area contributed by atoms with Crippen LogP contribution in [-0.4, -0.2) is 55.8 Å². The quantitative estimate of drug-likeness (QED) is 0.854. The summed E-state index contributed by atoms with van der Waals surface area (Å²) in [6.45, 7) is 2.70. The Balaban J connectivity index is 1.55. The lowest BCUT2D eigenvalue weighted by atomic mass is 9.59. The topological polar surface area (TPSA) is 80.6 Å². The minimum absolute atomic E-state index is 0.0525. The number of aliphatic hydroxyl groups excluding tert-OH is 1. The molecule has 1 aromatic carbocycles. The molecule has 148 valence electrons. The smallest absolute Gasteiger partial charge is 0.264 e. The molecule has 2 aliphatic carbocycles. The van der Waals surface area contributed by atoms with Gasteiger partial charge in [-0.15, -0.1) is 0 Å². The van der Waals surface area contributed by atoms with Crippen LogP contribution in [0.1, 0.15) is 25.3 Å². The zero-order valence-electron chi connectivity index (χ0n) is 16.2. The highest BCUT2D eigenvalue weighted by atomic mass is 16.7. The number of rotatable bonds is 3. The van der Waals surface area contributed by atoms with Gasteiger partial charge in [-0.05, 0) is 24.5 Å². The second-order valence-electron chi connectivity index (χ2n) is 8.61. The zero-order valence-corrected chi connectivity index (χ0v) is 16.2. The average molecular weight is 384 g/mol. The molecule has 3 fully saturated rings. The fourth-order valence-corrected chi connectivity index (χ4v) is 6.88. The van der Waals surface area contributed by atoms with E-state index < -0.39 is 17.6 Å². The number of fused-ring (bicyclic) bond motifs is 5. The molecule has 2 spiro atoms. The lowest BCUT2D eigenvalue weighted by Crippen LogP contribution is -2.65. The predicted octanol–water partition coefficient (Wildman–Crippen LogP) is 1.47. The standard InChI is InChI=1S/C21H24N2O5/c1-4-13-16-12-9-28-18-17(24)21(12,16)15(22-13)8-20(18)11-6-5-10(26-2)7-14(11)23(27-3)19(20)25/h5-7,12,15-18,24H,4,8-9H2,1-3H3. The third-order valence-corrected chi connectivity index (χ3v) is 8.00. The van der Waals surface area contributed by atoms with Gasteiger partial charge in [0.05, 0.1) is 38.7 Å². The second-order valence-corrected chi connectivity index (χ2v) is 8.61. The number of hydroxylamine groups is 1. The van der Waals surface area contributed by atoms with Gasteiger partial charge in [0, 0.05) is 29.0 Å². The molecular formula is C21H24N2O5. The maximum Gasteiger partial charge on any atom is 0.264 e. The van der Waals surface area contributed by atoms with Crippen LogP contribution in [0.5, 0.6) is 5.75 Å². The lowest BCUT2D eigenvalue weighted by Gasteiger charge is -2.51. The van der Waals surface area contributed by atoms with E-state index in [1.54, 1.807) is 7.11 Å². The van der Waals surface area contributed by atoms with Crippen LogP contribution in [0, 0.1) is 17.3 Å². The van der Waals surface area contributed by atoms with Crippen LogP contribution < -0.4 is 9.80 Å². The molecule has 3 aliphatic heterocycles. The Bertz CT molecular complexity index is 931. The molecule has 1 amide bonds. The first-order valence-electron chi connectivity index (χ1n) is 9.99. The van der Waals surface area contributed by atoms with Gasteiger partial charge in [-0.25, -0.2) is 0 Å². The Morgan fingerprint density at radius 2 is 2.21 bits per heavy atom. The van der Waals surface area contributed by atoms with E-state index in [4.69, 9.17) is 19.3 Å². The van der Waals surface area contributed by atoms with Crippen LogP contribution in [0.3, 0.4) is 0 Å². The highest BCUT2D eigenvalue weighted by Gasteiger charge is 2.84. The average Bonchev–Trinajstić information content (AvgIpc) is 3.18. The number of methoxy groups -OCH3 is 1. The number of hydrogen-bond acceptors (Lipinski definition) is 6. The van der Waals surface area contributed by atoms with Crippen molar-refractivity contribution in [1.82, 2.24) is 0 Å². The van der Waals surface area contributed by atoms with Gasteiger partial charge in [0.25, 0.3) is 5.91 Å². The number of hydrogen-bond donors (Lipinski definition) is 1. The van der Waals surface area contributed by atoms with Gasteiger partial charge in [0.2, 0.25) is 0 Å². The summed E-state index contributed by atoms with van der Waals surface area (Å²) in [5, 5.41) is 12.8. The molecule has 6 rings (SSSR count). The summed E-state index contributed by atoms with van der Waals surface area (Å²) >= 11 is 0. The molecule has 2 saturated carbocycles. The summed E-state index contributed by atoms with van der Waals surface area (Å²) in [5.41, 5.74) is 1.45. The van der Waals surface area contributed by atoms with E-state index in [0.717, 1.165) is 12.0 Å².